The summed E-state index contributed by atoms with van der Waals surface area (Å²) in [6.45, 7) is 2.32. The fourth-order valence-electron chi connectivity index (χ4n) is 2.38. The van der Waals surface area contributed by atoms with Crippen molar-refractivity contribution in [1.29, 1.82) is 0 Å². The van der Waals surface area contributed by atoms with E-state index in [0.717, 1.165) is 25.1 Å². The minimum atomic E-state index is 0.0459. The average Bonchev–Trinajstić information content (AvgIpc) is 2.89. The Morgan fingerprint density at radius 1 is 1.19 bits per heavy atom. The fourth-order valence-corrected chi connectivity index (χ4v) is 4.34. The number of unbranched alkanes of at least 4 members (excludes halogenated alkanes) is 1. The predicted molar refractivity (Wildman–Crippen MR) is 85.6 cm³/mol. The summed E-state index contributed by atoms with van der Waals surface area (Å²) in [7, 11) is 0. The molecule has 0 bridgehead atoms. The first-order chi connectivity index (χ1) is 10.2. The molecule has 1 aliphatic carbocycles. The number of carbonyl (C=O) groups excluding carboxylic acids is 2. The molecule has 21 heavy (non-hydrogen) atoms. The number of ketones is 1. The van der Waals surface area contributed by atoms with E-state index >= 15 is 0 Å². The summed E-state index contributed by atoms with van der Waals surface area (Å²) in [6.07, 6.45) is 5.03. The topological polar surface area (TPSA) is 37.4 Å². The summed E-state index contributed by atoms with van der Waals surface area (Å²) in [5.41, 5.74) is 0.904. The van der Waals surface area contributed by atoms with Crippen LogP contribution in [0.4, 0.5) is 0 Å². The van der Waals surface area contributed by atoms with Crippen LogP contribution in [0.3, 0.4) is 0 Å². The van der Waals surface area contributed by atoms with Crippen molar-refractivity contribution in [1.82, 2.24) is 4.90 Å². The van der Waals surface area contributed by atoms with Gasteiger partial charge in [0.05, 0.1) is 0 Å². The van der Waals surface area contributed by atoms with Gasteiger partial charge in [-0.1, -0.05) is 0 Å². The van der Waals surface area contributed by atoms with Gasteiger partial charge in [-0.25, -0.2) is 0 Å². The van der Waals surface area contributed by atoms with E-state index in [4.69, 9.17) is 0 Å². The second-order valence-corrected chi connectivity index (χ2v) is 7.59. The molecule has 0 saturated heterocycles. The van der Waals surface area contributed by atoms with Gasteiger partial charge in [-0.3, -0.25) is 0 Å². The molecule has 0 unspecified atom stereocenters. The molecule has 1 amide bonds. The number of amides is 1. The Labute approximate surface area is 132 Å². The normalized spacial score (nSPS) is 14.1. The second-order valence-electron chi connectivity index (χ2n) is 5.14. The molecule has 1 aliphatic rings. The van der Waals surface area contributed by atoms with Crippen molar-refractivity contribution in [3.05, 3.63) is 42.1 Å². The summed E-state index contributed by atoms with van der Waals surface area (Å²) < 4.78 is 1.43. The first-order valence-electron chi connectivity index (χ1n) is 7.36. The van der Waals surface area contributed by atoms with Gasteiger partial charge in [0.15, 0.2) is 0 Å². The molecule has 0 aromatic heterocycles. The van der Waals surface area contributed by atoms with E-state index in [1.807, 2.05) is 6.07 Å². The van der Waals surface area contributed by atoms with Gasteiger partial charge in [0.2, 0.25) is 0 Å². The van der Waals surface area contributed by atoms with E-state index in [1.54, 1.807) is 17.9 Å². The van der Waals surface area contributed by atoms with Crippen LogP contribution in [0.5, 0.6) is 0 Å². The molecule has 0 radical (unpaired) electrons. The van der Waals surface area contributed by atoms with Crippen molar-refractivity contribution in [2.45, 2.75) is 37.9 Å². The van der Waals surface area contributed by atoms with Crippen LogP contribution < -0.4 is 4.46 Å². The second kappa shape index (κ2) is 8.16. The quantitative estimate of drug-likeness (QED) is 0.559. The maximum atomic E-state index is 11.7. The van der Waals surface area contributed by atoms with Crippen LogP contribution in [0.15, 0.2) is 42.1 Å². The Balaban J connectivity index is 1.72. The third-order valence-corrected chi connectivity index (χ3v) is 5.77. The van der Waals surface area contributed by atoms with E-state index in [2.05, 4.69) is 24.3 Å². The van der Waals surface area contributed by atoms with Crippen LogP contribution in [0.1, 0.15) is 32.6 Å². The molecule has 1 aromatic carbocycles. The summed E-state index contributed by atoms with van der Waals surface area (Å²) in [4.78, 5) is 24.8. The van der Waals surface area contributed by atoms with Crippen molar-refractivity contribution >= 4 is 31.1 Å². The van der Waals surface area contributed by atoms with Gasteiger partial charge in [-0.2, -0.15) is 0 Å². The molecule has 1 aromatic rings. The Morgan fingerprint density at radius 2 is 1.95 bits per heavy atom. The molecule has 0 fully saturated rings. The molecule has 4 heteroatoms. The molecule has 0 heterocycles. The molecule has 112 valence electrons. The molecular formula is C17H21NO2Se. The van der Waals surface area contributed by atoms with Gasteiger partial charge in [-0.05, 0) is 0 Å². The molecule has 0 spiro atoms. The first kappa shape index (κ1) is 16.0. The van der Waals surface area contributed by atoms with Gasteiger partial charge in [-0.15, -0.1) is 0 Å². The zero-order valence-electron chi connectivity index (χ0n) is 12.4. The van der Waals surface area contributed by atoms with Crippen LogP contribution in [0.25, 0.3) is 0 Å². The SMILES string of the molecule is CC(=O)N(CCCC[Se]c1ccccc1)C1=CC(=O)CC1. The van der Waals surface area contributed by atoms with Crippen molar-refractivity contribution in [2.24, 2.45) is 0 Å². The van der Waals surface area contributed by atoms with Gasteiger partial charge < -0.3 is 0 Å². The summed E-state index contributed by atoms with van der Waals surface area (Å²) in [5.74, 6) is 0.188. The van der Waals surface area contributed by atoms with E-state index < -0.39 is 0 Å². The maximum absolute atomic E-state index is 11.7. The summed E-state index contributed by atoms with van der Waals surface area (Å²) in [6, 6.07) is 10.6. The molecular weight excluding hydrogens is 329 g/mol. The van der Waals surface area contributed by atoms with E-state index in [-0.39, 0.29) is 11.7 Å². The third-order valence-electron chi connectivity index (χ3n) is 3.47. The molecule has 0 N–H and O–H groups in total. The van der Waals surface area contributed by atoms with Crippen molar-refractivity contribution in [3.8, 4) is 0 Å². The van der Waals surface area contributed by atoms with Crippen molar-refractivity contribution in [2.75, 3.05) is 6.54 Å². The fraction of sp³-hybridized carbons (Fsp3) is 0.412. The van der Waals surface area contributed by atoms with Crippen LogP contribution in [-0.4, -0.2) is 38.1 Å². The van der Waals surface area contributed by atoms with Crippen molar-refractivity contribution in [3.63, 3.8) is 0 Å². The Bertz CT molecular complexity index is 525. The van der Waals surface area contributed by atoms with E-state index in [9.17, 15) is 9.59 Å². The number of nitrogens with zero attached hydrogens (tertiary/aromatic N) is 1. The zero-order valence-corrected chi connectivity index (χ0v) is 14.1. The van der Waals surface area contributed by atoms with Crippen LogP contribution >= 0.6 is 0 Å². The zero-order chi connectivity index (χ0) is 15.1. The number of rotatable bonds is 7. The Kier molecular flexibility index (Phi) is 6.21. The summed E-state index contributed by atoms with van der Waals surface area (Å²) >= 11 is 0.519. The Hall–Kier alpha value is -1.38. The molecule has 0 aliphatic heterocycles. The number of allylic oxidation sites excluding steroid dienone is 2. The first-order valence-corrected chi connectivity index (χ1v) is 9.43. The number of benzene rings is 1. The number of hydrogen-bond donors (Lipinski definition) is 0. The van der Waals surface area contributed by atoms with E-state index in [0.29, 0.717) is 27.8 Å². The van der Waals surface area contributed by atoms with Gasteiger partial charge in [0, 0.05) is 0 Å². The van der Waals surface area contributed by atoms with Crippen LogP contribution in [0.2, 0.25) is 5.32 Å². The summed E-state index contributed by atoms with van der Waals surface area (Å²) in [5, 5.41) is 1.20. The third kappa shape index (κ3) is 5.14. The molecule has 2 rings (SSSR count). The Morgan fingerprint density at radius 3 is 2.57 bits per heavy atom. The number of carbonyl (C=O) groups is 2. The van der Waals surface area contributed by atoms with Gasteiger partial charge >= 0.3 is 132 Å². The molecule has 3 nitrogen and oxygen atoms in total. The monoisotopic (exact) mass is 351 g/mol. The van der Waals surface area contributed by atoms with Crippen LogP contribution in [0, 0.1) is 0 Å². The average molecular weight is 350 g/mol. The predicted octanol–water partition coefficient (Wildman–Crippen LogP) is 2.31. The van der Waals surface area contributed by atoms with Gasteiger partial charge in [0.25, 0.3) is 0 Å². The molecule has 0 atom stereocenters. The minimum absolute atomic E-state index is 0.0459. The van der Waals surface area contributed by atoms with Crippen LogP contribution in [-0.2, 0) is 9.59 Å². The molecule has 0 saturated carbocycles. The van der Waals surface area contributed by atoms with Crippen molar-refractivity contribution < 1.29 is 9.59 Å². The van der Waals surface area contributed by atoms with E-state index in [1.165, 1.54) is 9.78 Å². The van der Waals surface area contributed by atoms with Gasteiger partial charge in [0.1, 0.15) is 0 Å². The standard InChI is InChI=1S/C17H21NO2Se/c1-14(19)18(15-9-10-16(20)13-15)11-5-6-12-21-17-7-3-2-4-8-17/h2-4,7-8,13H,5-6,9-12H2,1H3. The number of hydrogen-bond acceptors (Lipinski definition) is 2.